The number of carbonyl (C=O) groups excluding carboxylic acids is 2. The van der Waals surface area contributed by atoms with Crippen LogP contribution < -0.4 is 5.32 Å². The van der Waals surface area contributed by atoms with Gasteiger partial charge in [0, 0.05) is 11.1 Å². The molecule has 1 fully saturated rings. The molecule has 0 radical (unpaired) electrons. The molecule has 0 heterocycles. The number of esters is 1. The van der Waals surface area contributed by atoms with Gasteiger partial charge in [0.05, 0.1) is 5.56 Å². The largest absolute Gasteiger partial charge is 0.449 e. The van der Waals surface area contributed by atoms with Crippen LogP contribution in [0.15, 0.2) is 24.3 Å². The summed E-state index contributed by atoms with van der Waals surface area (Å²) in [5, 5.41) is 3.58. The van der Waals surface area contributed by atoms with Crippen LogP contribution in [0.1, 0.15) is 50.4 Å². The predicted octanol–water partition coefficient (Wildman–Crippen LogP) is 3.83. The molecule has 1 saturated carbocycles. The Morgan fingerprint density at radius 3 is 2.52 bits per heavy atom. The highest BCUT2D eigenvalue weighted by atomic mass is 35.5. The van der Waals surface area contributed by atoms with Crippen molar-refractivity contribution in [1.82, 2.24) is 5.32 Å². The zero-order valence-electron chi connectivity index (χ0n) is 13.8. The first-order chi connectivity index (χ1) is 10.9. The molecule has 0 aromatic heterocycles. The lowest BCUT2D eigenvalue weighted by Crippen LogP contribution is -2.47. The summed E-state index contributed by atoms with van der Waals surface area (Å²) in [7, 11) is 0. The fourth-order valence-electron chi connectivity index (χ4n) is 2.95. The molecule has 4 nitrogen and oxygen atoms in total. The molecule has 1 amide bonds. The third-order valence-corrected chi connectivity index (χ3v) is 5.02. The first kappa shape index (κ1) is 17.8. The second kappa shape index (κ2) is 7.82. The van der Waals surface area contributed by atoms with Crippen LogP contribution in [0.25, 0.3) is 0 Å². The highest BCUT2D eigenvalue weighted by Gasteiger charge is 2.30. The minimum absolute atomic E-state index is 0.155. The first-order valence-electron chi connectivity index (χ1n) is 8.15. The van der Waals surface area contributed by atoms with E-state index in [9.17, 15) is 9.59 Å². The summed E-state index contributed by atoms with van der Waals surface area (Å²) in [5.74, 6) is 0.278. The molecule has 5 heteroatoms. The summed E-state index contributed by atoms with van der Waals surface area (Å²) in [4.78, 5) is 24.3. The number of halogens is 1. The van der Waals surface area contributed by atoms with Gasteiger partial charge < -0.3 is 10.1 Å². The lowest BCUT2D eigenvalue weighted by atomic mass is 9.78. The van der Waals surface area contributed by atoms with E-state index in [-0.39, 0.29) is 11.9 Å². The van der Waals surface area contributed by atoms with Crippen LogP contribution in [-0.2, 0) is 9.53 Å². The molecule has 2 rings (SSSR count). The van der Waals surface area contributed by atoms with E-state index in [0.717, 1.165) is 12.8 Å². The number of nitrogens with one attached hydrogen (secondary N) is 1. The topological polar surface area (TPSA) is 55.4 Å². The number of rotatable bonds is 4. The highest BCUT2D eigenvalue weighted by molar-refractivity contribution is 6.30. The molecule has 1 aromatic carbocycles. The third-order valence-electron chi connectivity index (χ3n) is 4.77. The average molecular weight is 338 g/mol. The molecule has 1 aliphatic carbocycles. The molecule has 0 unspecified atom stereocenters. The van der Waals surface area contributed by atoms with E-state index in [1.807, 2.05) is 0 Å². The Balaban J connectivity index is 1.89. The van der Waals surface area contributed by atoms with Crippen LogP contribution >= 0.6 is 11.6 Å². The van der Waals surface area contributed by atoms with Gasteiger partial charge in [-0.2, -0.15) is 0 Å². The number of hydrogen-bond acceptors (Lipinski definition) is 3. The lowest BCUT2D eigenvalue weighted by molar-refractivity contribution is -0.130. The van der Waals surface area contributed by atoms with E-state index in [4.69, 9.17) is 16.3 Å². The van der Waals surface area contributed by atoms with Crippen LogP contribution in [-0.4, -0.2) is 24.0 Å². The van der Waals surface area contributed by atoms with Gasteiger partial charge in [0.2, 0.25) is 0 Å². The Bertz CT molecular complexity index is 558. The molecule has 23 heavy (non-hydrogen) atoms. The third kappa shape index (κ3) is 4.71. The fraction of sp³-hybridized carbons (Fsp3) is 0.556. The highest BCUT2D eigenvalue weighted by Crippen LogP contribution is 2.29. The van der Waals surface area contributed by atoms with Gasteiger partial charge in [-0.25, -0.2) is 4.79 Å². The van der Waals surface area contributed by atoms with E-state index in [0.29, 0.717) is 22.4 Å². The standard InChI is InChI=1S/C18H24ClNO3/c1-11-5-4-6-16(12(11)2)20-17(21)13(3)23-18(22)14-7-9-15(19)10-8-14/h7-13,16H,4-6H2,1-3H3,(H,20,21)/t11-,12-,13-,16+/m1/s1. The molecule has 126 valence electrons. The minimum Gasteiger partial charge on any atom is -0.449 e. The van der Waals surface area contributed by atoms with E-state index in [1.54, 1.807) is 31.2 Å². The van der Waals surface area contributed by atoms with Gasteiger partial charge in [-0.1, -0.05) is 38.3 Å². The summed E-state index contributed by atoms with van der Waals surface area (Å²) in [6, 6.07) is 6.56. The second-order valence-corrected chi connectivity index (χ2v) is 6.87. The van der Waals surface area contributed by atoms with Crippen LogP contribution in [0.5, 0.6) is 0 Å². The second-order valence-electron chi connectivity index (χ2n) is 6.44. The molecular weight excluding hydrogens is 314 g/mol. The summed E-state index contributed by atoms with van der Waals surface area (Å²) in [6.07, 6.45) is 2.49. The molecule has 1 aliphatic rings. The van der Waals surface area contributed by atoms with Crippen molar-refractivity contribution in [3.8, 4) is 0 Å². The van der Waals surface area contributed by atoms with Crippen molar-refractivity contribution >= 4 is 23.5 Å². The van der Waals surface area contributed by atoms with Crippen LogP contribution in [0.3, 0.4) is 0 Å². The number of hydrogen-bond donors (Lipinski definition) is 1. The Morgan fingerprint density at radius 2 is 1.87 bits per heavy atom. The zero-order valence-corrected chi connectivity index (χ0v) is 14.6. The first-order valence-corrected chi connectivity index (χ1v) is 8.53. The Labute approximate surface area is 142 Å². The molecule has 0 spiro atoms. The molecule has 0 bridgehead atoms. The van der Waals surface area contributed by atoms with Crippen molar-refractivity contribution in [3.63, 3.8) is 0 Å². The number of amides is 1. The van der Waals surface area contributed by atoms with Gasteiger partial charge in [0.1, 0.15) is 0 Å². The lowest BCUT2D eigenvalue weighted by Gasteiger charge is -2.35. The maximum Gasteiger partial charge on any atom is 0.338 e. The van der Waals surface area contributed by atoms with E-state index in [2.05, 4.69) is 19.2 Å². The molecule has 0 saturated heterocycles. The maximum absolute atomic E-state index is 12.3. The van der Waals surface area contributed by atoms with Gasteiger partial charge in [0.25, 0.3) is 5.91 Å². The molecule has 0 aliphatic heterocycles. The van der Waals surface area contributed by atoms with E-state index in [1.165, 1.54) is 6.42 Å². The SMILES string of the molecule is C[C@@H]1[C@H](C)CCC[C@@H]1NC(=O)[C@@H](C)OC(=O)c1ccc(Cl)cc1. The minimum atomic E-state index is -0.817. The number of benzene rings is 1. The van der Waals surface area contributed by atoms with Crippen LogP contribution in [0, 0.1) is 11.8 Å². The van der Waals surface area contributed by atoms with Crippen molar-refractivity contribution in [2.24, 2.45) is 11.8 Å². The quantitative estimate of drug-likeness (QED) is 0.849. The van der Waals surface area contributed by atoms with Crippen molar-refractivity contribution < 1.29 is 14.3 Å². The molecular formula is C18H24ClNO3. The molecule has 1 N–H and O–H groups in total. The van der Waals surface area contributed by atoms with Gasteiger partial charge in [-0.05, 0) is 49.4 Å². The van der Waals surface area contributed by atoms with E-state index >= 15 is 0 Å². The van der Waals surface area contributed by atoms with Gasteiger partial charge >= 0.3 is 5.97 Å². The van der Waals surface area contributed by atoms with Crippen molar-refractivity contribution in [1.29, 1.82) is 0 Å². The smallest absolute Gasteiger partial charge is 0.338 e. The Kier molecular flexibility index (Phi) is 6.05. The molecule has 1 aromatic rings. The normalized spacial score (nSPS) is 25.5. The van der Waals surface area contributed by atoms with E-state index < -0.39 is 12.1 Å². The predicted molar refractivity (Wildman–Crippen MR) is 90.4 cm³/mol. The fourth-order valence-corrected chi connectivity index (χ4v) is 3.08. The summed E-state index contributed by atoms with van der Waals surface area (Å²) >= 11 is 5.79. The van der Waals surface area contributed by atoms with Gasteiger partial charge in [-0.3, -0.25) is 4.79 Å². The summed E-state index contributed by atoms with van der Waals surface area (Å²) < 4.78 is 5.25. The zero-order chi connectivity index (χ0) is 17.0. The van der Waals surface area contributed by atoms with Crippen molar-refractivity contribution in [2.75, 3.05) is 0 Å². The maximum atomic E-state index is 12.3. The van der Waals surface area contributed by atoms with Gasteiger partial charge in [-0.15, -0.1) is 0 Å². The average Bonchev–Trinajstić information content (AvgIpc) is 2.52. The summed E-state index contributed by atoms with van der Waals surface area (Å²) in [6.45, 7) is 5.98. The summed E-state index contributed by atoms with van der Waals surface area (Å²) in [5.41, 5.74) is 0.383. The molecule has 4 atom stereocenters. The number of carbonyl (C=O) groups is 2. The van der Waals surface area contributed by atoms with Gasteiger partial charge in [0.15, 0.2) is 6.10 Å². The van der Waals surface area contributed by atoms with Crippen LogP contribution in [0.4, 0.5) is 0 Å². The Hall–Kier alpha value is -1.55. The van der Waals surface area contributed by atoms with Crippen molar-refractivity contribution in [3.05, 3.63) is 34.9 Å². The Morgan fingerprint density at radius 1 is 1.22 bits per heavy atom. The number of ether oxygens (including phenoxy) is 1. The van der Waals surface area contributed by atoms with Crippen LogP contribution in [0.2, 0.25) is 5.02 Å². The monoisotopic (exact) mass is 337 g/mol. The van der Waals surface area contributed by atoms with Crippen molar-refractivity contribution in [2.45, 2.75) is 52.2 Å².